The van der Waals surface area contributed by atoms with Crippen LogP contribution in [-0.2, 0) is 9.53 Å². The lowest BCUT2D eigenvalue weighted by molar-refractivity contribution is 0.0909. The molecule has 0 saturated heterocycles. The molecule has 0 aliphatic carbocycles. The molecule has 0 N–H and O–H groups in total. The fourth-order valence-corrected chi connectivity index (χ4v) is 0.940. The number of hydrogen-bond donors (Lipinski definition) is 0. The van der Waals surface area contributed by atoms with E-state index in [9.17, 15) is 9.59 Å². The van der Waals surface area contributed by atoms with Crippen LogP contribution in [0, 0.1) is 0 Å². The van der Waals surface area contributed by atoms with Gasteiger partial charge in [0.25, 0.3) is 0 Å². The van der Waals surface area contributed by atoms with Gasteiger partial charge in [0.05, 0.1) is 0 Å². The van der Waals surface area contributed by atoms with Crippen LogP contribution in [0.1, 0.15) is 10.4 Å². The molecule has 0 fully saturated rings. The van der Waals surface area contributed by atoms with Crippen molar-refractivity contribution in [2.45, 2.75) is 0 Å². The first kappa shape index (κ1) is 9.74. The van der Waals surface area contributed by atoms with E-state index in [2.05, 4.69) is 4.74 Å². The molecular formula is C9H6ClO3. The van der Waals surface area contributed by atoms with Crippen molar-refractivity contribution in [2.75, 3.05) is 6.61 Å². The van der Waals surface area contributed by atoms with Crippen LogP contribution in [0.2, 0.25) is 5.02 Å². The first-order valence-corrected chi connectivity index (χ1v) is 3.89. The molecule has 1 aromatic carbocycles. The number of hydrogen-bond acceptors (Lipinski definition) is 3. The van der Waals surface area contributed by atoms with Crippen LogP contribution >= 0.6 is 11.6 Å². The number of ketones is 1. The van der Waals surface area contributed by atoms with Crippen molar-refractivity contribution in [3.8, 4) is 0 Å². The molecule has 0 unspecified atom stereocenters. The van der Waals surface area contributed by atoms with E-state index >= 15 is 0 Å². The lowest BCUT2D eigenvalue weighted by atomic mass is 10.1. The van der Waals surface area contributed by atoms with Gasteiger partial charge in [0.2, 0.25) is 0 Å². The van der Waals surface area contributed by atoms with Gasteiger partial charge in [0.15, 0.2) is 12.4 Å². The summed E-state index contributed by atoms with van der Waals surface area (Å²) in [6.45, 7) is 0.896. The molecule has 1 aromatic rings. The molecule has 1 rings (SSSR count). The van der Waals surface area contributed by atoms with Crippen molar-refractivity contribution in [2.24, 2.45) is 0 Å². The van der Waals surface area contributed by atoms with Crippen molar-refractivity contribution >= 4 is 23.9 Å². The largest absolute Gasteiger partial charge is 0.449 e. The molecular weight excluding hydrogens is 192 g/mol. The van der Waals surface area contributed by atoms with Gasteiger partial charge in [0.1, 0.15) is 0 Å². The SMILES string of the molecule is O=[C]OCC(=O)c1ccc(Cl)cc1. The molecule has 1 radical (unpaired) electrons. The third-order valence-electron chi connectivity index (χ3n) is 1.43. The average Bonchev–Trinajstić information content (AvgIpc) is 2.15. The van der Waals surface area contributed by atoms with Gasteiger partial charge in [-0.3, -0.25) is 4.79 Å². The van der Waals surface area contributed by atoms with Crippen molar-refractivity contribution in [3.63, 3.8) is 0 Å². The number of carbonyl (C=O) groups excluding carboxylic acids is 2. The van der Waals surface area contributed by atoms with E-state index < -0.39 is 0 Å². The molecule has 0 aliphatic heterocycles. The second kappa shape index (κ2) is 4.62. The lowest BCUT2D eigenvalue weighted by Gasteiger charge is -1.98. The molecule has 0 heterocycles. The Hall–Kier alpha value is -1.35. The van der Waals surface area contributed by atoms with Gasteiger partial charge in [0, 0.05) is 10.6 Å². The van der Waals surface area contributed by atoms with Gasteiger partial charge in [-0.1, -0.05) is 11.6 Å². The zero-order chi connectivity index (χ0) is 9.68. The standard InChI is InChI=1S/C9H6ClO3/c10-8-3-1-7(2-4-8)9(12)5-13-6-11/h1-4H,5H2. The van der Waals surface area contributed by atoms with Crippen molar-refractivity contribution in [1.29, 1.82) is 0 Å². The second-order valence-electron chi connectivity index (χ2n) is 2.30. The topological polar surface area (TPSA) is 43.4 Å². The van der Waals surface area contributed by atoms with Crippen LogP contribution in [0.5, 0.6) is 0 Å². The van der Waals surface area contributed by atoms with Crippen molar-refractivity contribution < 1.29 is 14.3 Å². The van der Waals surface area contributed by atoms with E-state index in [0.717, 1.165) is 0 Å². The molecule has 0 saturated carbocycles. The minimum atomic E-state index is -0.287. The van der Waals surface area contributed by atoms with Gasteiger partial charge >= 0.3 is 6.47 Å². The van der Waals surface area contributed by atoms with Crippen LogP contribution in [0.3, 0.4) is 0 Å². The molecule has 0 aromatic heterocycles. The zero-order valence-electron chi connectivity index (χ0n) is 6.62. The maximum Gasteiger partial charge on any atom is 0.417 e. The van der Waals surface area contributed by atoms with E-state index in [4.69, 9.17) is 11.6 Å². The third kappa shape index (κ3) is 2.87. The van der Waals surface area contributed by atoms with Crippen molar-refractivity contribution in [1.82, 2.24) is 0 Å². The van der Waals surface area contributed by atoms with Crippen molar-refractivity contribution in [3.05, 3.63) is 34.9 Å². The normalized spacial score (nSPS) is 9.31. The summed E-state index contributed by atoms with van der Waals surface area (Å²) in [5.74, 6) is -0.278. The van der Waals surface area contributed by atoms with Gasteiger partial charge in [-0.25, -0.2) is 4.79 Å². The molecule has 3 nitrogen and oxygen atoms in total. The smallest absolute Gasteiger partial charge is 0.417 e. The van der Waals surface area contributed by atoms with E-state index in [-0.39, 0.29) is 12.4 Å². The summed E-state index contributed by atoms with van der Waals surface area (Å²) in [5, 5.41) is 0.555. The maximum atomic E-state index is 11.2. The highest BCUT2D eigenvalue weighted by Gasteiger charge is 2.05. The molecule has 67 valence electrons. The summed E-state index contributed by atoms with van der Waals surface area (Å²) in [5.41, 5.74) is 0.458. The summed E-state index contributed by atoms with van der Waals surface area (Å²) >= 11 is 5.62. The highest BCUT2D eigenvalue weighted by Crippen LogP contribution is 2.09. The van der Waals surface area contributed by atoms with Gasteiger partial charge < -0.3 is 4.74 Å². The number of benzene rings is 1. The van der Waals surface area contributed by atoms with E-state index in [1.54, 1.807) is 24.3 Å². The van der Waals surface area contributed by atoms with E-state index in [0.29, 0.717) is 10.6 Å². The Morgan fingerprint density at radius 3 is 2.54 bits per heavy atom. The molecule has 0 spiro atoms. The first-order chi connectivity index (χ1) is 6.24. The second-order valence-corrected chi connectivity index (χ2v) is 2.74. The van der Waals surface area contributed by atoms with Crippen LogP contribution < -0.4 is 0 Å². The quantitative estimate of drug-likeness (QED) is 0.689. The Kier molecular flexibility index (Phi) is 3.46. The Bertz CT molecular complexity index is 305. The van der Waals surface area contributed by atoms with Crippen LogP contribution in [-0.4, -0.2) is 18.9 Å². The lowest BCUT2D eigenvalue weighted by Crippen LogP contribution is -2.07. The summed E-state index contributed by atoms with van der Waals surface area (Å²) in [7, 11) is 0. The van der Waals surface area contributed by atoms with E-state index in [1.807, 2.05) is 0 Å². The fraction of sp³-hybridized carbons (Fsp3) is 0.111. The molecule has 0 atom stereocenters. The highest BCUT2D eigenvalue weighted by atomic mass is 35.5. The number of ether oxygens (including phenoxy) is 1. The van der Waals surface area contributed by atoms with E-state index in [1.165, 1.54) is 6.47 Å². The minimum absolute atomic E-state index is 0.278. The first-order valence-electron chi connectivity index (χ1n) is 3.51. The maximum absolute atomic E-state index is 11.2. The van der Waals surface area contributed by atoms with Crippen LogP contribution in [0.4, 0.5) is 0 Å². The Balaban J connectivity index is 2.66. The third-order valence-corrected chi connectivity index (χ3v) is 1.68. The number of rotatable bonds is 4. The highest BCUT2D eigenvalue weighted by molar-refractivity contribution is 6.30. The fourth-order valence-electron chi connectivity index (χ4n) is 0.814. The Morgan fingerprint density at radius 2 is 2.00 bits per heavy atom. The van der Waals surface area contributed by atoms with Gasteiger partial charge in [-0.2, -0.15) is 0 Å². The van der Waals surface area contributed by atoms with Crippen LogP contribution in [0.15, 0.2) is 24.3 Å². The summed E-state index contributed by atoms with van der Waals surface area (Å²) in [6, 6.07) is 6.33. The Labute approximate surface area is 80.3 Å². The predicted octanol–water partition coefficient (Wildman–Crippen LogP) is 1.61. The van der Waals surface area contributed by atoms with Gasteiger partial charge in [-0.05, 0) is 24.3 Å². The number of Topliss-reactive ketones (excluding diaryl/α,β-unsaturated/α-hetero) is 1. The molecule has 0 aliphatic rings. The minimum Gasteiger partial charge on any atom is -0.449 e. The summed E-state index contributed by atoms with van der Waals surface area (Å²) in [4.78, 5) is 20.8. The molecule has 13 heavy (non-hydrogen) atoms. The molecule has 0 amide bonds. The summed E-state index contributed by atoms with van der Waals surface area (Å²) < 4.78 is 4.19. The zero-order valence-corrected chi connectivity index (χ0v) is 7.38. The van der Waals surface area contributed by atoms with Gasteiger partial charge in [-0.15, -0.1) is 0 Å². The monoisotopic (exact) mass is 197 g/mol. The summed E-state index contributed by atoms with van der Waals surface area (Å²) in [6.07, 6.45) is 0. The Morgan fingerprint density at radius 1 is 1.38 bits per heavy atom. The number of carbonyl (C=O) groups is 1. The molecule has 0 bridgehead atoms. The molecule has 4 heteroatoms. The average molecular weight is 198 g/mol. The van der Waals surface area contributed by atoms with Crippen LogP contribution in [0.25, 0.3) is 0 Å². The number of halogens is 1. The predicted molar refractivity (Wildman–Crippen MR) is 47.4 cm³/mol.